The molecular weight excluding hydrogens is 529 g/mol. The number of carbonyl (C=O) groups excluding carboxylic acids is 2. The van der Waals surface area contributed by atoms with Gasteiger partial charge < -0.3 is 14.4 Å². The molecule has 0 aliphatic rings. The summed E-state index contributed by atoms with van der Waals surface area (Å²) < 4.78 is 2.11. The van der Waals surface area contributed by atoms with Gasteiger partial charge in [-0.2, -0.15) is 0 Å². The Morgan fingerprint density at radius 2 is 1.49 bits per heavy atom. The van der Waals surface area contributed by atoms with Crippen LogP contribution in [-0.2, 0) is 17.9 Å². The molecule has 8 heteroatoms. The standard InChI is InChI=1S/C29H34Cl3N3O2/c1-20(2)15-34(18-24-9-7-13-33(24)17-23-8-5-6-10-25(23)30)28(36)19-35(16-21(3)4)29(37)22-11-12-26(31)27(32)14-22/h5-14,20-21H,15-19H2,1-4H3. The van der Waals surface area contributed by atoms with Crippen molar-refractivity contribution in [3.8, 4) is 0 Å². The number of amides is 2. The minimum atomic E-state index is -0.243. The van der Waals surface area contributed by atoms with Gasteiger partial charge in [0.15, 0.2) is 0 Å². The second-order valence-electron chi connectivity index (χ2n) is 10.1. The molecule has 2 amide bonds. The van der Waals surface area contributed by atoms with E-state index in [1.54, 1.807) is 23.1 Å². The predicted molar refractivity (Wildman–Crippen MR) is 152 cm³/mol. The van der Waals surface area contributed by atoms with Gasteiger partial charge in [-0.05, 0) is 53.8 Å². The lowest BCUT2D eigenvalue weighted by atomic mass is 10.1. The maximum atomic E-state index is 13.6. The minimum absolute atomic E-state index is 0.0187. The Balaban J connectivity index is 1.81. The van der Waals surface area contributed by atoms with E-state index in [1.807, 2.05) is 61.3 Å². The minimum Gasteiger partial charge on any atom is -0.345 e. The SMILES string of the molecule is CC(C)CN(Cc1cccn1Cc1ccccc1Cl)C(=O)CN(CC(C)C)C(=O)c1ccc(Cl)c(Cl)c1. The molecule has 1 heterocycles. The maximum absolute atomic E-state index is 13.6. The zero-order valence-electron chi connectivity index (χ0n) is 21.8. The molecule has 0 aliphatic carbocycles. The topological polar surface area (TPSA) is 45.6 Å². The molecule has 1 aromatic heterocycles. The maximum Gasteiger partial charge on any atom is 0.254 e. The average Bonchev–Trinajstić information content (AvgIpc) is 3.27. The van der Waals surface area contributed by atoms with Crippen LogP contribution in [0.1, 0.15) is 49.3 Å². The first kappa shape index (κ1) is 29.1. The fraction of sp³-hybridized carbons (Fsp3) is 0.379. The lowest BCUT2D eigenvalue weighted by Gasteiger charge is -2.30. The third kappa shape index (κ3) is 8.26. The number of hydrogen-bond donors (Lipinski definition) is 0. The highest BCUT2D eigenvalue weighted by Crippen LogP contribution is 2.24. The molecule has 0 bridgehead atoms. The second kappa shape index (κ2) is 13.4. The predicted octanol–water partition coefficient (Wildman–Crippen LogP) is 7.28. The Labute approximate surface area is 234 Å². The molecule has 5 nitrogen and oxygen atoms in total. The van der Waals surface area contributed by atoms with Crippen LogP contribution in [0.4, 0.5) is 0 Å². The normalized spacial score (nSPS) is 11.3. The van der Waals surface area contributed by atoms with Crippen LogP contribution in [-0.4, -0.2) is 45.8 Å². The summed E-state index contributed by atoms with van der Waals surface area (Å²) in [5, 5.41) is 1.40. The van der Waals surface area contributed by atoms with Gasteiger partial charge >= 0.3 is 0 Å². The van der Waals surface area contributed by atoms with Crippen LogP contribution in [0.5, 0.6) is 0 Å². The molecule has 0 aliphatic heterocycles. The third-order valence-electron chi connectivity index (χ3n) is 5.88. The van der Waals surface area contributed by atoms with Crippen molar-refractivity contribution in [1.29, 1.82) is 0 Å². The molecule has 0 radical (unpaired) electrons. The molecule has 3 rings (SSSR count). The van der Waals surface area contributed by atoms with Crippen LogP contribution in [0.15, 0.2) is 60.8 Å². The summed E-state index contributed by atoms with van der Waals surface area (Å²) in [6, 6.07) is 16.5. The van der Waals surface area contributed by atoms with Gasteiger partial charge in [0.05, 0.1) is 16.6 Å². The summed E-state index contributed by atoms with van der Waals surface area (Å²) in [6.07, 6.45) is 2.00. The fourth-order valence-corrected chi connectivity index (χ4v) is 4.68. The molecule has 198 valence electrons. The molecule has 0 saturated carbocycles. The highest BCUT2D eigenvalue weighted by atomic mass is 35.5. The molecule has 0 saturated heterocycles. The van der Waals surface area contributed by atoms with Gasteiger partial charge in [-0.3, -0.25) is 9.59 Å². The number of aromatic nitrogens is 1. The van der Waals surface area contributed by atoms with Crippen LogP contribution in [0, 0.1) is 11.8 Å². The van der Waals surface area contributed by atoms with E-state index in [-0.39, 0.29) is 30.2 Å². The number of hydrogen-bond acceptors (Lipinski definition) is 2. The molecule has 3 aromatic rings. The molecule has 37 heavy (non-hydrogen) atoms. The fourth-order valence-electron chi connectivity index (χ4n) is 4.18. The number of benzene rings is 2. The monoisotopic (exact) mass is 561 g/mol. The summed E-state index contributed by atoms with van der Waals surface area (Å²) in [5.41, 5.74) is 2.42. The van der Waals surface area contributed by atoms with E-state index < -0.39 is 0 Å². The van der Waals surface area contributed by atoms with Crippen molar-refractivity contribution in [2.75, 3.05) is 19.6 Å². The van der Waals surface area contributed by atoms with Crippen LogP contribution < -0.4 is 0 Å². The van der Waals surface area contributed by atoms with Crippen molar-refractivity contribution in [2.24, 2.45) is 11.8 Å². The van der Waals surface area contributed by atoms with E-state index in [4.69, 9.17) is 34.8 Å². The van der Waals surface area contributed by atoms with E-state index in [0.717, 1.165) is 11.3 Å². The Morgan fingerprint density at radius 1 is 0.811 bits per heavy atom. The van der Waals surface area contributed by atoms with Crippen molar-refractivity contribution in [1.82, 2.24) is 14.4 Å². The number of nitrogens with zero attached hydrogens (tertiary/aromatic N) is 3. The highest BCUT2D eigenvalue weighted by molar-refractivity contribution is 6.42. The van der Waals surface area contributed by atoms with Gasteiger partial charge in [-0.15, -0.1) is 0 Å². The first-order chi connectivity index (χ1) is 17.5. The zero-order chi connectivity index (χ0) is 27.1. The van der Waals surface area contributed by atoms with Crippen LogP contribution in [0.25, 0.3) is 0 Å². The number of carbonyl (C=O) groups is 2. The van der Waals surface area contributed by atoms with E-state index >= 15 is 0 Å². The Kier molecular flexibility index (Phi) is 10.5. The van der Waals surface area contributed by atoms with E-state index in [0.29, 0.717) is 46.8 Å². The summed E-state index contributed by atoms with van der Waals surface area (Å²) in [6.45, 7) is 10.3. The molecule has 0 unspecified atom stereocenters. The van der Waals surface area contributed by atoms with E-state index in [2.05, 4.69) is 18.4 Å². The van der Waals surface area contributed by atoms with Gasteiger partial charge in [0, 0.05) is 42.1 Å². The second-order valence-corrected chi connectivity index (χ2v) is 11.3. The molecule has 2 aromatic carbocycles. The van der Waals surface area contributed by atoms with Gasteiger partial charge in [-0.25, -0.2) is 0 Å². The first-order valence-corrected chi connectivity index (χ1v) is 13.6. The van der Waals surface area contributed by atoms with Crippen molar-refractivity contribution >= 4 is 46.6 Å². The smallest absolute Gasteiger partial charge is 0.254 e. The number of rotatable bonds is 11. The van der Waals surface area contributed by atoms with Gasteiger partial charge in [-0.1, -0.05) is 80.7 Å². The van der Waals surface area contributed by atoms with Crippen molar-refractivity contribution < 1.29 is 9.59 Å². The lowest BCUT2D eigenvalue weighted by Crippen LogP contribution is -2.45. The van der Waals surface area contributed by atoms with Crippen molar-refractivity contribution in [3.63, 3.8) is 0 Å². The molecule has 0 N–H and O–H groups in total. The Morgan fingerprint density at radius 3 is 2.14 bits per heavy atom. The first-order valence-electron chi connectivity index (χ1n) is 12.4. The summed E-state index contributed by atoms with van der Waals surface area (Å²) >= 11 is 18.6. The quantitative estimate of drug-likeness (QED) is 0.246. The highest BCUT2D eigenvalue weighted by Gasteiger charge is 2.25. The largest absolute Gasteiger partial charge is 0.345 e. The van der Waals surface area contributed by atoms with Crippen LogP contribution >= 0.6 is 34.8 Å². The van der Waals surface area contributed by atoms with E-state index in [1.165, 1.54) is 0 Å². The van der Waals surface area contributed by atoms with E-state index in [9.17, 15) is 9.59 Å². The Hall–Kier alpha value is -2.47. The average molecular weight is 563 g/mol. The van der Waals surface area contributed by atoms with Gasteiger partial charge in [0.25, 0.3) is 5.91 Å². The van der Waals surface area contributed by atoms with Crippen molar-refractivity contribution in [2.45, 2.75) is 40.8 Å². The van der Waals surface area contributed by atoms with Gasteiger partial charge in [0.2, 0.25) is 5.91 Å². The molecule has 0 atom stereocenters. The van der Waals surface area contributed by atoms with Gasteiger partial charge in [0.1, 0.15) is 6.54 Å². The van der Waals surface area contributed by atoms with Crippen LogP contribution in [0.3, 0.4) is 0 Å². The zero-order valence-corrected chi connectivity index (χ0v) is 24.0. The van der Waals surface area contributed by atoms with Crippen molar-refractivity contribution in [3.05, 3.63) is 92.7 Å². The summed E-state index contributed by atoms with van der Waals surface area (Å²) in [5.74, 6) is 0.103. The molecular formula is C29H34Cl3N3O2. The molecule has 0 spiro atoms. The van der Waals surface area contributed by atoms with Crippen LogP contribution in [0.2, 0.25) is 15.1 Å². The lowest BCUT2D eigenvalue weighted by molar-refractivity contribution is -0.133. The molecule has 0 fully saturated rings. The third-order valence-corrected chi connectivity index (χ3v) is 6.99. The summed E-state index contributed by atoms with van der Waals surface area (Å²) in [4.78, 5) is 30.4. The summed E-state index contributed by atoms with van der Waals surface area (Å²) in [7, 11) is 0. The number of halogens is 3. The Bertz CT molecular complexity index is 1220.